The van der Waals surface area contributed by atoms with Gasteiger partial charge in [-0.2, -0.15) is 0 Å². The molecule has 7 heteroatoms. The van der Waals surface area contributed by atoms with Gasteiger partial charge in [0.25, 0.3) is 5.69 Å². The van der Waals surface area contributed by atoms with Crippen LogP contribution in [0.1, 0.15) is 16.1 Å². The Hall–Kier alpha value is -3.22. The van der Waals surface area contributed by atoms with Crippen molar-refractivity contribution in [2.45, 2.75) is 0 Å². The van der Waals surface area contributed by atoms with Crippen molar-refractivity contribution in [2.24, 2.45) is 0 Å². The van der Waals surface area contributed by atoms with Crippen molar-refractivity contribution >= 4 is 17.5 Å². The smallest absolute Gasteiger partial charge is 0.280 e. The van der Waals surface area contributed by atoms with Gasteiger partial charge in [-0.15, -0.1) is 0 Å². The molecule has 7 nitrogen and oxygen atoms in total. The number of aromatic nitrogens is 1. The molecule has 23 heavy (non-hydrogen) atoms. The Morgan fingerprint density at radius 3 is 2.57 bits per heavy atom. The molecule has 2 aromatic rings. The van der Waals surface area contributed by atoms with Crippen LogP contribution >= 0.6 is 0 Å². The fraction of sp³-hybridized carbons (Fsp3) is 0.125. The molecule has 1 heterocycles. The van der Waals surface area contributed by atoms with Crippen LogP contribution in [0.3, 0.4) is 0 Å². The van der Waals surface area contributed by atoms with Crippen LogP contribution in [0.25, 0.3) is 6.08 Å². The third kappa shape index (κ3) is 3.70. The van der Waals surface area contributed by atoms with E-state index < -0.39 is 10.7 Å². The first-order valence-electron chi connectivity index (χ1n) is 6.60. The first-order chi connectivity index (χ1) is 11.1. The predicted molar refractivity (Wildman–Crippen MR) is 83.8 cm³/mol. The van der Waals surface area contributed by atoms with E-state index in [-0.39, 0.29) is 11.3 Å². The summed E-state index contributed by atoms with van der Waals surface area (Å²) >= 11 is 0. The maximum atomic E-state index is 12.1. The summed E-state index contributed by atoms with van der Waals surface area (Å²) in [7, 11) is 2.98. The molecule has 0 radical (unpaired) electrons. The van der Waals surface area contributed by atoms with Crippen molar-refractivity contribution in [3.8, 4) is 11.5 Å². The summed E-state index contributed by atoms with van der Waals surface area (Å²) in [6, 6.07) is 7.38. The number of methoxy groups -OCH3 is 2. The lowest BCUT2D eigenvalue weighted by Crippen LogP contribution is -2.00. The summed E-state index contributed by atoms with van der Waals surface area (Å²) in [6.07, 6.45) is 4.16. The van der Waals surface area contributed by atoms with Gasteiger partial charge in [-0.3, -0.25) is 19.9 Å². The van der Waals surface area contributed by atoms with E-state index in [9.17, 15) is 14.9 Å². The van der Waals surface area contributed by atoms with Crippen molar-refractivity contribution in [3.05, 3.63) is 64.0 Å². The average Bonchev–Trinajstić information content (AvgIpc) is 2.59. The number of ether oxygens (including phenoxy) is 2. The zero-order valence-corrected chi connectivity index (χ0v) is 12.6. The van der Waals surface area contributed by atoms with Crippen LogP contribution in [-0.2, 0) is 0 Å². The highest BCUT2D eigenvalue weighted by molar-refractivity contribution is 6.09. The van der Waals surface area contributed by atoms with Gasteiger partial charge in [-0.25, -0.2) is 0 Å². The molecule has 0 bridgehead atoms. The molecule has 118 valence electrons. The predicted octanol–water partition coefficient (Wildman–Crippen LogP) is 2.90. The van der Waals surface area contributed by atoms with Crippen molar-refractivity contribution < 1.29 is 19.2 Å². The topological polar surface area (TPSA) is 91.6 Å². The van der Waals surface area contributed by atoms with E-state index in [1.165, 1.54) is 50.8 Å². The lowest BCUT2D eigenvalue weighted by Gasteiger charge is -2.06. The normalized spacial score (nSPS) is 10.5. The summed E-state index contributed by atoms with van der Waals surface area (Å²) in [5.74, 6) is 0.462. The minimum absolute atomic E-state index is 0.0224. The van der Waals surface area contributed by atoms with Crippen molar-refractivity contribution in [2.75, 3.05) is 14.2 Å². The Morgan fingerprint density at radius 2 is 1.91 bits per heavy atom. The lowest BCUT2D eigenvalue weighted by atomic mass is 10.1. The van der Waals surface area contributed by atoms with Gasteiger partial charge in [0.15, 0.2) is 17.3 Å². The van der Waals surface area contributed by atoms with Crippen LogP contribution in [0.5, 0.6) is 11.5 Å². The third-order valence-electron chi connectivity index (χ3n) is 3.06. The quantitative estimate of drug-likeness (QED) is 0.352. The monoisotopic (exact) mass is 314 g/mol. The van der Waals surface area contributed by atoms with Gasteiger partial charge in [0.1, 0.15) is 0 Å². The molecular formula is C16H14N2O5. The van der Waals surface area contributed by atoms with E-state index in [0.717, 1.165) is 0 Å². The molecule has 1 aromatic carbocycles. The molecule has 0 unspecified atom stereocenters. The molecule has 0 N–H and O–H groups in total. The number of benzene rings is 1. The highest BCUT2D eigenvalue weighted by Gasteiger charge is 2.17. The highest BCUT2D eigenvalue weighted by Crippen LogP contribution is 2.26. The molecule has 0 saturated heterocycles. The van der Waals surface area contributed by atoms with E-state index in [2.05, 4.69) is 4.98 Å². The molecule has 0 amide bonds. The zero-order valence-electron chi connectivity index (χ0n) is 12.6. The number of pyridine rings is 1. The van der Waals surface area contributed by atoms with Gasteiger partial charge in [-0.1, -0.05) is 12.1 Å². The molecule has 0 saturated carbocycles. The van der Waals surface area contributed by atoms with Crippen LogP contribution in [0.2, 0.25) is 0 Å². The summed E-state index contributed by atoms with van der Waals surface area (Å²) < 4.78 is 10.2. The Labute approximate surface area is 132 Å². The molecule has 0 aliphatic heterocycles. The number of hydrogen-bond acceptors (Lipinski definition) is 6. The number of allylic oxidation sites excluding steroid dienone is 1. The SMILES string of the molecule is COc1cnc(C=CC(=O)c2ccccc2[N+](=O)[O-])cc1OC. The Balaban J connectivity index is 2.27. The summed E-state index contributed by atoms with van der Waals surface area (Å²) in [4.78, 5) is 26.6. The molecule has 0 fully saturated rings. The summed E-state index contributed by atoms with van der Waals surface area (Å²) in [6.45, 7) is 0. The van der Waals surface area contributed by atoms with Crippen molar-refractivity contribution in [1.29, 1.82) is 0 Å². The van der Waals surface area contributed by atoms with Crippen molar-refractivity contribution in [3.63, 3.8) is 0 Å². The van der Waals surface area contributed by atoms with E-state index >= 15 is 0 Å². The van der Waals surface area contributed by atoms with Crippen LogP contribution in [0.4, 0.5) is 5.69 Å². The Bertz CT molecular complexity index is 771. The fourth-order valence-corrected chi connectivity index (χ4v) is 1.94. The number of hydrogen-bond donors (Lipinski definition) is 0. The number of nitrogens with zero attached hydrogens (tertiary/aromatic N) is 2. The summed E-state index contributed by atoms with van der Waals surface area (Å²) in [5, 5.41) is 10.9. The number of nitro groups is 1. The molecule has 0 aliphatic rings. The minimum atomic E-state index is -0.588. The Kier molecular flexibility index (Phi) is 5.03. The molecule has 0 spiro atoms. The number of nitro benzene ring substituents is 1. The minimum Gasteiger partial charge on any atom is -0.493 e. The maximum Gasteiger partial charge on any atom is 0.280 e. The largest absolute Gasteiger partial charge is 0.493 e. The number of carbonyl (C=O) groups excluding carboxylic acids is 1. The van der Waals surface area contributed by atoms with E-state index in [1.54, 1.807) is 12.1 Å². The zero-order chi connectivity index (χ0) is 16.8. The number of carbonyl (C=O) groups is 1. The maximum absolute atomic E-state index is 12.1. The van der Waals surface area contributed by atoms with Crippen molar-refractivity contribution in [1.82, 2.24) is 4.98 Å². The molecular weight excluding hydrogens is 300 g/mol. The van der Waals surface area contributed by atoms with Crippen LogP contribution < -0.4 is 9.47 Å². The first-order valence-corrected chi connectivity index (χ1v) is 6.60. The second kappa shape index (κ2) is 7.17. The fourth-order valence-electron chi connectivity index (χ4n) is 1.94. The second-order valence-corrected chi connectivity index (χ2v) is 4.44. The summed E-state index contributed by atoms with van der Waals surface area (Å²) in [5.41, 5.74) is 0.256. The first kappa shape index (κ1) is 16.2. The second-order valence-electron chi connectivity index (χ2n) is 4.44. The van der Waals surface area contributed by atoms with Crippen LogP contribution in [0, 0.1) is 10.1 Å². The van der Waals surface area contributed by atoms with Gasteiger partial charge < -0.3 is 9.47 Å². The number of para-hydroxylation sites is 1. The van der Waals surface area contributed by atoms with Gasteiger partial charge in [-0.05, 0) is 18.2 Å². The molecule has 0 aliphatic carbocycles. The standard InChI is InChI=1S/C16H14N2O5/c1-22-15-9-11(17-10-16(15)23-2)7-8-14(19)12-5-3-4-6-13(12)18(20)21/h3-10H,1-2H3. The van der Waals surface area contributed by atoms with E-state index in [0.29, 0.717) is 17.2 Å². The van der Waals surface area contributed by atoms with Gasteiger partial charge in [0.05, 0.1) is 36.6 Å². The lowest BCUT2D eigenvalue weighted by molar-refractivity contribution is -0.385. The Morgan fingerprint density at radius 1 is 1.22 bits per heavy atom. The number of rotatable bonds is 6. The molecule has 1 aromatic heterocycles. The highest BCUT2D eigenvalue weighted by atomic mass is 16.6. The average molecular weight is 314 g/mol. The molecule has 0 atom stereocenters. The van der Waals surface area contributed by atoms with Crippen LogP contribution in [0.15, 0.2) is 42.6 Å². The third-order valence-corrected chi connectivity index (χ3v) is 3.06. The number of ketones is 1. The van der Waals surface area contributed by atoms with Gasteiger partial charge >= 0.3 is 0 Å². The van der Waals surface area contributed by atoms with Gasteiger partial charge in [0, 0.05) is 12.1 Å². The van der Waals surface area contributed by atoms with E-state index in [1.807, 2.05) is 0 Å². The molecule has 2 rings (SSSR count). The van der Waals surface area contributed by atoms with E-state index in [4.69, 9.17) is 9.47 Å². The van der Waals surface area contributed by atoms with Crippen LogP contribution in [-0.4, -0.2) is 29.9 Å². The van der Waals surface area contributed by atoms with Gasteiger partial charge in [0.2, 0.25) is 0 Å².